The molecule has 0 spiro atoms. The zero-order valence-corrected chi connectivity index (χ0v) is 14.5. The first kappa shape index (κ1) is 16.7. The Morgan fingerprint density at radius 2 is 1.77 bits per heavy atom. The molecule has 2 aromatic rings. The Labute approximate surface area is 132 Å². The maximum atomic E-state index is 12.8. The van der Waals surface area contributed by atoms with Gasteiger partial charge in [-0.05, 0) is 19.4 Å². The van der Waals surface area contributed by atoms with Gasteiger partial charge in [0.25, 0.3) is 0 Å². The Hall–Kier alpha value is -1.66. The van der Waals surface area contributed by atoms with Gasteiger partial charge in [-0.25, -0.2) is 8.42 Å². The highest BCUT2D eigenvalue weighted by Gasteiger charge is 2.32. The number of benzene rings is 1. The van der Waals surface area contributed by atoms with E-state index in [2.05, 4.69) is 10.2 Å². The standard InChI is InChI=1S/C16H23N3O2S/c1-12-15(13(2)18-17-12)22(20,21)19(5)11-16(3,4)14-9-7-6-8-10-14/h6-10H,11H2,1-5H3,(H,17,18). The molecule has 0 saturated heterocycles. The summed E-state index contributed by atoms with van der Waals surface area (Å²) >= 11 is 0. The van der Waals surface area contributed by atoms with Gasteiger partial charge >= 0.3 is 0 Å². The maximum absolute atomic E-state index is 12.8. The van der Waals surface area contributed by atoms with Crippen LogP contribution in [-0.4, -0.2) is 36.5 Å². The van der Waals surface area contributed by atoms with Gasteiger partial charge in [0.15, 0.2) is 0 Å². The fourth-order valence-corrected chi connectivity index (χ4v) is 4.35. The molecular formula is C16H23N3O2S. The van der Waals surface area contributed by atoms with E-state index >= 15 is 0 Å². The zero-order valence-electron chi connectivity index (χ0n) is 13.7. The molecule has 1 N–H and O–H groups in total. The van der Waals surface area contributed by atoms with Crippen molar-refractivity contribution < 1.29 is 8.42 Å². The van der Waals surface area contributed by atoms with Gasteiger partial charge in [-0.1, -0.05) is 44.2 Å². The summed E-state index contributed by atoms with van der Waals surface area (Å²) in [5.74, 6) is 0. The van der Waals surface area contributed by atoms with Crippen molar-refractivity contribution in [1.82, 2.24) is 14.5 Å². The molecule has 0 saturated carbocycles. The molecule has 0 aliphatic heterocycles. The Bertz CT molecular complexity index is 729. The van der Waals surface area contributed by atoms with Crippen molar-refractivity contribution in [2.45, 2.75) is 38.0 Å². The van der Waals surface area contributed by atoms with E-state index in [4.69, 9.17) is 0 Å². The number of likely N-dealkylation sites (N-methyl/N-ethyl adjacent to an activating group) is 1. The van der Waals surface area contributed by atoms with Gasteiger partial charge in [0.2, 0.25) is 10.0 Å². The number of nitrogens with one attached hydrogen (secondary N) is 1. The van der Waals surface area contributed by atoms with E-state index in [1.54, 1.807) is 20.9 Å². The Morgan fingerprint density at radius 1 is 1.18 bits per heavy atom. The van der Waals surface area contributed by atoms with Gasteiger partial charge in [-0.15, -0.1) is 0 Å². The van der Waals surface area contributed by atoms with Crippen LogP contribution >= 0.6 is 0 Å². The van der Waals surface area contributed by atoms with Crippen LogP contribution in [0.4, 0.5) is 0 Å². The van der Waals surface area contributed by atoms with Crippen molar-refractivity contribution in [3.05, 3.63) is 47.3 Å². The number of hydrogen-bond acceptors (Lipinski definition) is 3. The number of nitrogens with zero attached hydrogens (tertiary/aromatic N) is 2. The van der Waals surface area contributed by atoms with Gasteiger partial charge < -0.3 is 0 Å². The highest BCUT2D eigenvalue weighted by atomic mass is 32.2. The molecule has 0 aliphatic carbocycles. The quantitative estimate of drug-likeness (QED) is 0.920. The second-order valence-corrected chi connectivity index (χ2v) is 8.26. The van der Waals surface area contributed by atoms with Crippen LogP contribution in [0, 0.1) is 13.8 Å². The molecule has 120 valence electrons. The highest BCUT2D eigenvalue weighted by Crippen LogP contribution is 2.27. The number of aromatic amines is 1. The Morgan fingerprint density at radius 3 is 2.27 bits per heavy atom. The van der Waals surface area contributed by atoms with Crippen LogP contribution in [0.5, 0.6) is 0 Å². The summed E-state index contributed by atoms with van der Waals surface area (Å²) in [4.78, 5) is 0.277. The molecule has 0 radical (unpaired) electrons. The van der Waals surface area contributed by atoms with Crippen molar-refractivity contribution >= 4 is 10.0 Å². The van der Waals surface area contributed by atoms with Crippen LogP contribution in [-0.2, 0) is 15.4 Å². The second-order valence-electron chi connectivity index (χ2n) is 6.27. The lowest BCUT2D eigenvalue weighted by atomic mass is 9.85. The number of hydrogen-bond donors (Lipinski definition) is 1. The van der Waals surface area contributed by atoms with Crippen LogP contribution in [0.1, 0.15) is 30.8 Å². The maximum Gasteiger partial charge on any atom is 0.246 e. The third-order valence-electron chi connectivity index (χ3n) is 3.90. The van der Waals surface area contributed by atoms with Gasteiger partial charge in [-0.3, -0.25) is 5.10 Å². The van der Waals surface area contributed by atoms with E-state index in [1.807, 2.05) is 44.2 Å². The number of aryl methyl sites for hydroxylation is 2. The molecule has 0 atom stereocenters. The summed E-state index contributed by atoms with van der Waals surface area (Å²) in [7, 11) is -1.94. The van der Waals surface area contributed by atoms with Crippen molar-refractivity contribution in [2.75, 3.05) is 13.6 Å². The minimum atomic E-state index is -3.56. The average molecular weight is 321 g/mol. The fourth-order valence-electron chi connectivity index (χ4n) is 2.70. The number of rotatable bonds is 5. The smallest absolute Gasteiger partial charge is 0.246 e. The molecule has 22 heavy (non-hydrogen) atoms. The second kappa shape index (κ2) is 5.85. The van der Waals surface area contributed by atoms with E-state index in [-0.39, 0.29) is 10.3 Å². The molecule has 0 fully saturated rings. The van der Waals surface area contributed by atoms with Crippen molar-refractivity contribution in [1.29, 1.82) is 0 Å². The summed E-state index contributed by atoms with van der Waals surface area (Å²) in [6.45, 7) is 7.91. The molecule has 2 rings (SSSR count). The summed E-state index contributed by atoms with van der Waals surface area (Å²) in [6.07, 6.45) is 0. The molecule has 5 nitrogen and oxygen atoms in total. The Balaban J connectivity index is 2.31. The lowest BCUT2D eigenvalue weighted by Gasteiger charge is -2.30. The molecule has 0 unspecified atom stereocenters. The van der Waals surface area contributed by atoms with Crippen molar-refractivity contribution in [3.8, 4) is 0 Å². The van der Waals surface area contributed by atoms with Gasteiger partial charge in [-0.2, -0.15) is 9.40 Å². The first-order valence-electron chi connectivity index (χ1n) is 7.19. The van der Waals surface area contributed by atoms with E-state index in [9.17, 15) is 8.42 Å². The molecule has 1 aromatic carbocycles. The molecule has 0 amide bonds. The number of H-pyrrole nitrogens is 1. The van der Waals surface area contributed by atoms with E-state index in [1.165, 1.54) is 4.31 Å². The van der Waals surface area contributed by atoms with E-state index in [0.29, 0.717) is 17.9 Å². The highest BCUT2D eigenvalue weighted by molar-refractivity contribution is 7.89. The van der Waals surface area contributed by atoms with Gasteiger partial charge in [0, 0.05) is 19.0 Å². The van der Waals surface area contributed by atoms with Crippen LogP contribution in [0.2, 0.25) is 0 Å². The van der Waals surface area contributed by atoms with Crippen molar-refractivity contribution in [3.63, 3.8) is 0 Å². The minimum absolute atomic E-state index is 0.277. The zero-order chi connectivity index (χ0) is 16.5. The van der Waals surface area contributed by atoms with Gasteiger partial charge in [0.1, 0.15) is 4.90 Å². The lowest BCUT2D eigenvalue weighted by molar-refractivity contribution is 0.372. The Kier molecular flexibility index (Phi) is 4.44. The van der Waals surface area contributed by atoms with E-state index < -0.39 is 10.0 Å². The minimum Gasteiger partial charge on any atom is -0.281 e. The molecular weight excluding hydrogens is 298 g/mol. The van der Waals surface area contributed by atoms with E-state index in [0.717, 1.165) is 5.56 Å². The number of aromatic nitrogens is 2. The lowest BCUT2D eigenvalue weighted by Crippen LogP contribution is -2.38. The molecule has 1 aromatic heterocycles. The van der Waals surface area contributed by atoms with Crippen molar-refractivity contribution in [2.24, 2.45) is 0 Å². The predicted octanol–water partition coefficient (Wildman–Crippen LogP) is 2.62. The monoisotopic (exact) mass is 321 g/mol. The van der Waals surface area contributed by atoms with Crippen LogP contribution < -0.4 is 0 Å². The first-order valence-corrected chi connectivity index (χ1v) is 8.63. The summed E-state index contributed by atoms with van der Waals surface area (Å²) in [5.41, 5.74) is 1.90. The molecule has 0 aliphatic rings. The SMILES string of the molecule is Cc1n[nH]c(C)c1S(=O)(=O)N(C)CC(C)(C)c1ccccc1. The topological polar surface area (TPSA) is 66.1 Å². The third-order valence-corrected chi connectivity index (χ3v) is 5.97. The predicted molar refractivity (Wildman–Crippen MR) is 87.3 cm³/mol. The van der Waals surface area contributed by atoms with Crippen LogP contribution in [0.3, 0.4) is 0 Å². The van der Waals surface area contributed by atoms with Crippen LogP contribution in [0.25, 0.3) is 0 Å². The molecule has 6 heteroatoms. The number of sulfonamides is 1. The fraction of sp³-hybridized carbons (Fsp3) is 0.438. The normalized spacial score (nSPS) is 12.8. The summed E-state index contributed by atoms with van der Waals surface area (Å²) < 4.78 is 27.0. The van der Waals surface area contributed by atoms with Crippen LogP contribution in [0.15, 0.2) is 35.2 Å². The first-order chi connectivity index (χ1) is 10.2. The third kappa shape index (κ3) is 3.08. The van der Waals surface area contributed by atoms with Gasteiger partial charge in [0.05, 0.1) is 11.4 Å². The molecule has 0 bridgehead atoms. The largest absolute Gasteiger partial charge is 0.281 e. The molecule has 1 heterocycles. The summed E-state index contributed by atoms with van der Waals surface area (Å²) in [6, 6.07) is 9.94. The summed E-state index contributed by atoms with van der Waals surface area (Å²) in [5, 5.41) is 6.73. The average Bonchev–Trinajstić information content (AvgIpc) is 2.79.